The molecule has 2 aromatic heterocycles. The maximum absolute atomic E-state index is 12.5. The maximum atomic E-state index is 12.5. The molecule has 1 fully saturated rings. The molecule has 0 atom stereocenters. The van der Waals surface area contributed by atoms with Crippen LogP contribution in [0, 0.1) is 11.3 Å². The number of hydrogen-bond acceptors (Lipinski definition) is 7. The Morgan fingerprint density at radius 2 is 1.95 bits per heavy atom. The highest BCUT2D eigenvalue weighted by Crippen LogP contribution is 2.31. The summed E-state index contributed by atoms with van der Waals surface area (Å²) in [4.78, 5) is 25.1. The van der Waals surface area contributed by atoms with E-state index in [4.69, 9.17) is 15.1 Å². The fourth-order valence-corrected chi connectivity index (χ4v) is 4.32. The number of likely N-dealkylation sites (tertiary alicyclic amines) is 1. The van der Waals surface area contributed by atoms with Crippen LogP contribution >= 0.6 is 0 Å². The van der Waals surface area contributed by atoms with E-state index < -0.39 is 13.0 Å². The van der Waals surface area contributed by atoms with Crippen molar-refractivity contribution >= 4 is 22.5 Å². The average molecular weight is 554 g/mol. The van der Waals surface area contributed by atoms with E-state index in [-0.39, 0.29) is 24.2 Å². The van der Waals surface area contributed by atoms with Crippen molar-refractivity contribution in [3.05, 3.63) is 72.9 Å². The van der Waals surface area contributed by atoms with Gasteiger partial charge in [0.15, 0.2) is 0 Å². The van der Waals surface area contributed by atoms with Crippen LogP contribution in [0.3, 0.4) is 0 Å². The molecular formula is C28H26F3N5O4. The van der Waals surface area contributed by atoms with Crippen LogP contribution in [0.1, 0.15) is 25.0 Å². The van der Waals surface area contributed by atoms with Gasteiger partial charge in [-0.15, -0.1) is 13.2 Å². The minimum Gasteiger partial charge on any atom is -0.491 e. The topological polar surface area (TPSA) is 124 Å². The Morgan fingerprint density at radius 3 is 2.60 bits per heavy atom. The zero-order chi connectivity index (χ0) is 28.7. The normalized spacial score (nSPS) is 14.9. The summed E-state index contributed by atoms with van der Waals surface area (Å²) in [6, 6.07) is 9.31. The monoisotopic (exact) mass is 553 g/mol. The van der Waals surface area contributed by atoms with Crippen molar-refractivity contribution in [1.29, 1.82) is 5.26 Å². The van der Waals surface area contributed by atoms with Crippen LogP contribution in [-0.2, 0) is 9.53 Å². The number of fused-ring (bicyclic) bond motifs is 1. The first-order chi connectivity index (χ1) is 19.2. The Hall–Kier alpha value is -4.63. The van der Waals surface area contributed by atoms with E-state index in [1.807, 2.05) is 0 Å². The molecule has 3 heterocycles. The van der Waals surface area contributed by atoms with Crippen LogP contribution < -0.4 is 4.74 Å². The van der Waals surface area contributed by atoms with Crippen LogP contribution in [0.2, 0.25) is 0 Å². The van der Waals surface area contributed by atoms with Gasteiger partial charge < -0.3 is 24.5 Å². The van der Waals surface area contributed by atoms with Crippen molar-refractivity contribution in [1.82, 2.24) is 19.9 Å². The molecule has 1 saturated heterocycles. The van der Waals surface area contributed by atoms with Gasteiger partial charge in [0.2, 0.25) is 5.91 Å². The molecule has 0 saturated carbocycles. The van der Waals surface area contributed by atoms with Crippen LogP contribution in [0.5, 0.6) is 5.75 Å². The minimum absolute atomic E-state index is 0.119. The quantitative estimate of drug-likeness (QED) is 0.286. The molecule has 1 aliphatic heterocycles. The average Bonchev–Trinajstić information content (AvgIpc) is 3.37. The van der Waals surface area contributed by atoms with Gasteiger partial charge in [-0.1, -0.05) is 12.7 Å². The maximum Gasteiger partial charge on any atom is 0.573 e. The Kier molecular flexibility index (Phi) is 8.86. The number of ether oxygens (including phenoxy) is 2. The molecule has 0 unspecified atom stereocenters. The number of halogens is 3. The van der Waals surface area contributed by atoms with Crippen molar-refractivity contribution in [2.75, 3.05) is 19.7 Å². The van der Waals surface area contributed by atoms with E-state index in [1.54, 1.807) is 29.2 Å². The summed E-state index contributed by atoms with van der Waals surface area (Å²) in [6.45, 7) is 4.42. The highest BCUT2D eigenvalue weighted by molar-refractivity contribution is 5.94. The van der Waals surface area contributed by atoms with E-state index in [1.165, 1.54) is 30.6 Å². The van der Waals surface area contributed by atoms with E-state index in [0.717, 1.165) is 0 Å². The summed E-state index contributed by atoms with van der Waals surface area (Å²) >= 11 is 0. The first-order valence-corrected chi connectivity index (χ1v) is 12.4. The van der Waals surface area contributed by atoms with Gasteiger partial charge >= 0.3 is 6.36 Å². The van der Waals surface area contributed by atoms with Gasteiger partial charge in [0, 0.05) is 37.0 Å². The van der Waals surface area contributed by atoms with Crippen LogP contribution in [0.4, 0.5) is 13.2 Å². The summed E-state index contributed by atoms with van der Waals surface area (Å²) in [5.41, 5.74) is 2.90. The number of aromatic amines is 1. The van der Waals surface area contributed by atoms with Gasteiger partial charge in [-0.2, -0.15) is 5.26 Å². The number of nitrogens with zero attached hydrogens (tertiary/aromatic N) is 4. The fourth-order valence-electron chi connectivity index (χ4n) is 4.32. The number of allylic oxidation sites excluding steroid dienone is 4. The molecule has 9 nitrogen and oxygen atoms in total. The van der Waals surface area contributed by atoms with Crippen molar-refractivity contribution in [2.45, 2.75) is 31.7 Å². The van der Waals surface area contributed by atoms with E-state index in [2.05, 4.69) is 32.3 Å². The number of rotatable bonds is 9. The number of amides is 1. The summed E-state index contributed by atoms with van der Waals surface area (Å²) in [5.74, 6) is -0.233. The molecule has 1 amide bonds. The molecule has 0 aliphatic carbocycles. The number of benzene rings is 1. The molecule has 0 radical (unpaired) electrons. The lowest BCUT2D eigenvalue weighted by molar-refractivity contribution is -0.274. The zero-order valence-corrected chi connectivity index (χ0v) is 21.3. The third kappa shape index (κ3) is 7.27. The second-order valence-electron chi connectivity index (χ2n) is 8.92. The number of hydrogen-bond donors (Lipinski definition) is 2. The number of aromatic nitrogens is 3. The van der Waals surface area contributed by atoms with Gasteiger partial charge in [-0.3, -0.25) is 4.79 Å². The smallest absolute Gasteiger partial charge is 0.491 e. The van der Waals surface area contributed by atoms with Crippen molar-refractivity contribution in [2.24, 2.45) is 0 Å². The Morgan fingerprint density at radius 1 is 1.23 bits per heavy atom. The SMILES string of the molecule is C=C(/C=C\C(=C/CC#N)c1ncnc2[nH]c(-c3ccc(OC(F)(F)F)cc3)cc12)OC1CCN(C(=O)CO)CC1. The third-order valence-electron chi connectivity index (χ3n) is 6.21. The standard InChI is InChI=1S/C28H26F3N5O4/c1-18(39-21-10-13-36(14-11-21)25(38)16-37)4-5-20(3-2-12-32)26-23-15-24(35-27(23)34-17-33-26)19-6-8-22(9-7-19)40-28(29,30)31/h3-9,15,17,21,37H,1-2,10-11,13-14,16H2,(H,33,34,35)/b5-4-,20-3+. The summed E-state index contributed by atoms with van der Waals surface area (Å²) < 4.78 is 47.3. The second-order valence-corrected chi connectivity index (χ2v) is 8.92. The summed E-state index contributed by atoms with van der Waals surface area (Å²) in [6.07, 6.45) is 2.93. The fraction of sp³-hybridized carbons (Fsp3) is 0.286. The number of piperidine rings is 1. The van der Waals surface area contributed by atoms with Gasteiger partial charge in [-0.25, -0.2) is 9.97 Å². The van der Waals surface area contributed by atoms with E-state index in [9.17, 15) is 18.0 Å². The predicted octanol–water partition coefficient (Wildman–Crippen LogP) is 4.89. The Balaban J connectivity index is 1.51. The number of nitriles is 1. The molecule has 40 heavy (non-hydrogen) atoms. The largest absolute Gasteiger partial charge is 0.573 e. The molecule has 12 heteroatoms. The van der Waals surface area contributed by atoms with Gasteiger partial charge in [0.25, 0.3) is 0 Å². The van der Waals surface area contributed by atoms with Crippen LogP contribution in [0.15, 0.2) is 67.2 Å². The molecule has 208 valence electrons. The Bertz CT molecular complexity index is 1460. The van der Waals surface area contributed by atoms with Gasteiger partial charge in [0.1, 0.15) is 36.2 Å². The Labute approximate surface area is 227 Å². The lowest BCUT2D eigenvalue weighted by Gasteiger charge is -2.31. The zero-order valence-electron chi connectivity index (χ0n) is 21.3. The number of carbonyl (C=O) groups excluding carboxylic acids is 1. The highest BCUT2D eigenvalue weighted by atomic mass is 19.4. The summed E-state index contributed by atoms with van der Waals surface area (Å²) in [5, 5.41) is 18.8. The number of aliphatic hydroxyl groups is 1. The number of carbonyl (C=O) groups is 1. The molecule has 0 spiro atoms. The molecule has 2 N–H and O–H groups in total. The number of H-pyrrole nitrogens is 1. The lowest BCUT2D eigenvalue weighted by atomic mass is 10.1. The van der Waals surface area contributed by atoms with Gasteiger partial charge in [0.05, 0.1) is 18.2 Å². The first-order valence-electron chi connectivity index (χ1n) is 12.4. The molecule has 1 aromatic carbocycles. The predicted molar refractivity (Wildman–Crippen MR) is 140 cm³/mol. The number of nitrogens with one attached hydrogen (secondary N) is 1. The number of aliphatic hydroxyl groups excluding tert-OH is 1. The molecule has 0 bridgehead atoms. The third-order valence-corrected chi connectivity index (χ3v) is 6.21. The molecule has 4 rings (SSSR count). The van der Waals surface area contributed by atoms with Crippen molar-refractivity contribution in [3.63, 3.8) is 0 Å². The minimum atomic E-state index is -4.78. The molecule has 1 aliphatic rings. The molecule has 3 aromatic rings. The molecular weight excluding hydrogens is 527 g/mol. The van der Waals surface area contributed by atoms with E-state index in [0.29, 0.717) is 65.2 Å². The lowest BCUT2D eigenvalue weighted by Crippen LogP contribution is -2.42. The number of alkyl halides is 3. The summed E-state index contributed by atoms with van der Waals surface area (Å²) in [7, 11) is 0. The first kappa shape index (κ1) is 28.4. The van der Waals surface area contributed by atoms with Crippen LogP contribution in [-0.4, -0.2) is 63.0 Å². The highest BCUT2D eigenvalue weighted by Gasteiger charge is 2.31. The second kappa shape index (κ2) is 12.5. The van der Waals surface area contributed by atoms with Crippen molar-refractivity contribution < 1.29 is 32.5 Å². The van der Waals surface area contributed by atoms with Gasteiger partial charge in [-0.05, 0) is 53.6 Å². The van der Waals surface area contributed by atoms with Crippen molar-refractivity contribution in [3.8, 4) is 23.1 Å². The van der Waals surface area contributed by atoms with E-state index >= 15 is 0 Å². The van der Waals surface area contributed by atoms with Crippen LogP contribution in [0.25, 0.3) is 27.9 Å².